The summed E-state index contributed by atoms with van der Waals surface area (Å²) in [6.07, 6.45) is 0.476. The van der Waals surface area contributed by atoms with Gasteiger partial charge in [-0.25, -0.2) is 5.84 Å². The van der Waals surface area contributed by atoms with Crippen LogP contribution in [0.15, 0.2) is 10.5 Å². The van der Waals surface area contributed by atoms with E-state index in [9.17, 15) is 4.79 Å². The van der Waals surface area contributed by atoms with Crippen LogP contribution in [0.5, 0.6) is 0 Å². The van der Waals surface area contributed by atoms with Gasteiger partial charge in [0.05, 0.1) is 6.07 Å². The first kappa shape index (κ1) is 13.2. The summed E-state index contributed by atoms with van der Waals surface area (Å²) in [5.41, 5.74) is 2.94. The molecule has 1 amide bonds. The lowest BCUT2D eigenvalue weighted by atomic mass is 10.2. The van der Waals surface area contributed by atoms with Crippen molar-refractivity contribution < 1.29 is 9.21 Å². The fourth-order valence-corrected chi connectivity index (χ4v) is 1.47. The molecule has 1 heterocycles. The summed E-state index contributed by atoms with van der Waals surface area (Å²) in [6.45, 7) is 3.11. The number of amides is 1. The van der Waals surface area contributed by atoms with Gasteiger partial charge in [-0.3, -0.25) is 10.2 Å². The highest BCUT2D eigenvalue weighted by atomic mass is 16.4. The van der Waals surface area contributed by atoms with Crippen LogP contribution >= 0.6 is 0 Å². The predicted molar refractivity (Wildman–Crippen MR) is 61.7 cm³/mol. The van der Waals surface area contributed by atoms with Crippen LogP contribution in [0.25, 0.3) is 0 Å². The average molecular weight is 236 g/mol. The molecule has 0 radical (unpaired) electrons. The maximum Gasteiger partial charge on any atom is 0.300 e. The summed E-state index contributed by atoms with van der Waals surface area (Å²) in [5, 5.41) is 8.48. The average Bonchev–Trinajstić information content (AvgIpc) is 2.67. The molecule has 1 aromatic rings. The molecule has 1 rings (SSSR count). The van der Waals surface area contributed by atoms with Crippen molar-refractivity contribution in [1.29, 1.82) is 5.26 Å². The van der Waals surface area contributed by atoms with E-state index in [2.05, 4.69) is 6.07 Å². The molecule has 92 valence electrons. The molecule has 3 N–H and O–H groups in total. The normalized spacial score (nSPS) is 10.3. The van der Waals surface area contributed by atoms with E-state index in [4.69, 9.17) is 15.5 Å². The zero-order valence-corrected chi connectivity index (χ0v) is 9.99. The van der Waals surface area contributed by atoms with Crippen molar-refractivity contribution in [1.82, 2.24) is 10.3 Å². The maximum atomic E-state index is 11.3. The van der Waals surface area contributed by atoms with Gasteiger partial charge < -0.3 is 9.32 Å². The van der Waals surface area contributed by atoms with Gasteiger partial charge >= 0.3 is 5.91 Å². The molecular weight excluding hydrogens is 220 g/mol. The van der Waals surface area contributed by atoms with Crippen LogP contribution in [-0.4, -0.2) is 24.4 Å². The third-order valence-electron chi connectivity index (χ3n) is 2.42. The van der Waals surface area contributed by atoms with Gasteiger partial charge in [-0.15, -0.1) is 0 Å². The zero-order valence-electron chi connectivity index (χ0n) is 9.99. The minimum absolute atomic E-state index is 0.202. The number of nitrogens with zero attached hydrogens (tertiary/aromatic N) is 2. The van der Waals surface area contributed by atoms with Crippen LogP contribution in [0.4, 0.5) is 0 Å². The molecule has 0 bridgehead atoms. The Bertz CT molecular complexity index is 433. The van der Waals surface area contributed by atoms with Crippen molar-refractivity contribution in [3.05, 3.63) is 23.2 Å². The lowest BCUT2D eigenvalue weighted by Gasteiger charge is -2.13. The van der Waals surface area contributed by atoms with Crippen molar-refractivity contribution in [2.75, 3.05) is 13.6 Å². The van der Waals surface area contributed by atoms with Gasteiger partial charge in [0.25, 0.3) is 0 Å². The van der Waals surface area contributed by atoms with Gasteiger partial charge in [-0.05, 0) is 20.0 Å². The second-order valence-corrected chi connectivity index (χ2v) is 3.81. The molecule has 0 spiro atoms. The first-order chi connectivity index (χ1) is 8.08. The van der Waals surface area contributed by atoms with Crippen LogP contribution in [0, 0.1) is 18.3 Å². The highest BCUT2D eigenvalue weighted by molar-refractivity contribution is 5.91. The van der Waals surface area contributed by atoms with Crippen molar-refractivity contribution >= 4 is 5.91 Å². The Morgan fingerprint density at radius 3 is 3.00 bits per heavy atom. The number of hydrogen-bond donors (Lipinski definition) is 2. The Morgan fingerprint density at radius 2 is 2.41 bits per heavy atom. The second kappa shape index (κ2) is 6.03. The molecule has 0 aliphatic heterocycles. The van der Waals surface area contributed by atoms with Gasteiger partial charge in [0.1, 0.15) is 5.76 Å². The Kier molecular flexibility index (Phi) is 4.69. The van der Waals surface area contributed by atoms with Crippen LogP contribution in [0.3, 0.4) is 0 Å². The monoisotopic (exact) mass is 236 g/mol. The Hall–Kier alpha value is -1.84. The minimum atomic E-state index is -0.445. The topological polar surface area (TPSA) is 95.3 Å². The number of carbonyl (C=O) groups is 1. The van der Waals surface area contributed by atoms with E-state index in [0.717, 1.165) is 5.56 Å². The molecule has 0 aliphatic rings. The molecule has 6 nitrogen and oxygen atoms in total. The number of rotatable bonds is 5. The SMILES string of the molecule is Cc1oc(C(=O)NN)cc1CN(C)CCC#N. The molecule has 6 heteroatoms. The highest BCUT2D eigenvalue weighted by Crippen LogP contribution is 2.16. The molecular formula is C11H16N4O2. The van der Waals surface area contributed by atoms with E-state index in [1.807, 2.05) is 17.4 Å². The van der Waals surface area contributed by atoms with Crippen LogP contribution in [-0.2, 0) is 6.54 Å². The van der Waals surface area contributed by atoms with E-state index < -0.39 is 5.91 Å². The number of carbonyl (C=O) groups excluding carboxylic acids is 1. The molecule has 0 unspecified atom stereocenters. The number of nitrogens with one attached hydrogen (secondary N) is 1. The van der Waals surface area contributed by atoms with Crippen LogP contribution in [0.1, 0.15) is 28.3 Å². The fourth-order valence-electron chi connectivity index (χ4n) is 1.47. The smallest absolute Gasteiger partial charge is 0.300 e. The Morgan fingerprint density at radius 1 is 1.71 bits per heavy atom. The van der Waals surface area contributed by atoms with Gasteiger partial charge in [0.15, 0.2) is 5.76 Å². The number of furan rings is 1. The largest absolute Gasteiger partial charge is 0.456 e. The van der Waals surface area contributed by atoms with Gasteiger partial charge in [0.2, 0.25) is 0 Å². The third-order valence-corrected chi connectivity index (χ3v) is 2.42. The van der Waals surface area contributed by atoms with Crippen molar-refractivity contribution in [2.24, 2.45) is 5.84 Å². The first-order valence-corrected chi connectivity index (χ1v) is 5.24. The van der Waals surface area contributed by atoms with Gasteiger partial charge in [-0.1, -0.05) is 0 Å². The lowest BCUT2D eigenvalue weighted by Crippen LogP contribution is -2.29. The van der Waals surface area contributed by atoms with E-state index in [-0.39, 0.29) is 5.76 Å². The summed E-state index contributed by atoms with van der Waals surface area (Å²) >= 11 is 0. The molecule has 17 heavy (non-hydrogen) atoms. The molecule has 0 saturated carbocycles. The second-order valence-electron chi connectivity index (χ2n) is 3.81. The van der Waals surface area contributed by atoms with Gasteiger partial charge in [0, 0.05) is 25.1 Å². The number of hydrogen-bond acceptors (Lipinski definition) is 5. The maximum absolute atomic E-state index is 11.3. The van der Waals surface area contributed by atoms with E-state index in [0.29, 0.717) is 25.3 Å². The van der Waals surface area contributed by atoms with E-state index in [1.165, 1.54) is 0 Å². The predicted octanol–water partition coefficient (Wildman–Crippen LogP) is 0.537. The molecule has 0 saturated heterocycles. The molecule has 0 aliphatic carbocycles. The van der Waals surface area contributed by atoms with Crippen LogP contribution in [0.2, 0.25) is 0 Å². The van der Waals surface area contributed by atoms with Crippen LogP contribution < -0.4 is 11.3 Å². The summed E-state index contributed by atoms with van der Waals surface area (Å²) < 4.78 is 5.29. The number of nitrogen functional groups attached to an aromatic ring is 1. The first-order valence-electron chi connectivity index (χ1n) is 5.24. The molecule has 0 atom stereocenters. The summed E-state index contributed by atoms with van der Waals surface area (Å²) in [7, 11) is 1.91. The van der Waals surface area contributed by atoms with Gasteiger partial charge in [-0.2, -0.15) is 5.26 Å². The number of hydrazine groups is 1. The third kappa shape index (κ3) is 3.59. The number of aryl methyl sites for hydroxylation is 1. The summed E-state index contributed by atoms with van der Waals surface area (Å²) in [5.74, 6) is 5.47. The summed E-state index contributed by atoms with van der Waals surface area (Å²) in [6, 6.07) is 3.75. The number of nitriles is 1. The zero-order chi connectivity index (χ0) is 12.8. The molecule has 0 aromatic carbocycles. The number of nitrogens with two attached hydrogens (primary N) is 1. The molecule has 0 fully saturated rings. The van der Waals surface area contributed by atoms with Crippen molar-refractivity contribution in [3.8, 4) is 6.07 Å². The quantitative estimate of drug-likeness (QED) is 0.442. The lowest BCUT2D eigenvalue weighted by molar-refractivity contribution is 0.0924. The standard InChI is InChI=1S/C11H16N4O2/c1-8-9(7-15(2)5-3-4-12)6-10(17-8)11(16)14-13/h6H,3,5,7,13H2,1-2H3,(H,14,16). The van der Waals surface area contributed by atoms with Crippen molar-refractivity contribution in [2.45, 2.75) is 19.9 Å². The van der Waals surface area contributed by atoms with E-state index >= 15 is 0 Å². The highest BCUT2D eigenvalue weighted by Gasteiger charge is 2.14. The minimum Gasteiger partial charge on any atom is -0.456 e. The Labute approximate surface area is 100.0 Å². The van der Waals surface area contributed by atoms with Crippen molar-refractivity contribution in [3.63, 3.8) is 0 Å². The Balaban J connectivity index is 2.69. The fraction of sp³-hybridized carbons (Fsp3) is 0.455. The molecule has 1 aromatic heterocycles. The summed E-state index contributed by atoms with van der Waals surface area (Å²) in [4.78, 5) is 13.2. The van der Waals surface area contributed by atoms with E-state index in [1.54, 1.807) is 13.0 Å².